The Bertz CT molecular complexity index is 538. The molecule has 0 radical (unpaired) electrons. The molecular weight excluding hydrogens is 246 g/mol. The van der Waals surface area contributed by atoms with Crippen LogP contribution in [0.2, 0.25) is 0 Å². The molecule has 0 fully saturated rings. The molecule has 0 saturated carbocycles. The molecule has 1 atom stereocenters. The van der Waals surface area contributed by atoms with E-state index < -0.39 is 5.60 Å². The predicted molar refractivity (Wildman–Crippen MR) is 84.4 cm³/mol. The van der Waals surface area contributed by atoms with Gasteiger partial charge in [0, 0.05) is 11.3 Å². The number of aliphatic hydroxyl groups is 1. The molecule has 2 aromatic rings. The van der Waals surface area contributed by atoms with Crippen molar-refractivity contribution in [2.45, 2.75) is 38.2 Å². The number of nitrogen functional groups attached to an aromatic ring is 1. The fourth-order valence-corrected chi connectivity index (χ4v) is 2.65. The molecule has 20 heavy (non-hydrogen) atoms. The molecular formula is C18H23NO. The fourth-order valence-electron chi connectivity index (χ4n) is 2.65. The monoisotopic (exact) mass is 269 g/mol. The van der Waals surface area contributed by atoms with E-state index in [0.717, 1.165) is 30.4 Å². The Morgan fingerprint density at radius 1 is 0.950 bits per heavy atom. The van der Waals surface area contributed by atoms with Crippen LogP contribution in [0.25, 0.3) is 0 Å². The first-order chi connectivity index (χ1) is 9.68. The molecule has 0 aromatic heterocycles. The quantitative estimate of drug-likeness (QED) is 0.613. The first-order valence-corrected chi connectivity index (χ1v) is 7.31. The van der Waals surface area contributed by atoms with E-state index in [1.165, 1.54) is 0 Å². The summed E-state index contributed by atoms with van der Waals surface area (Å²) in [5.41, 5.74) is 7.46. The first-order valence-electron chi connectivity index (χ1n) is 7.31. The highest BCUT2D eigenvalue weighted by Crippen LogP contribution is 2.37. The highest BCUT2D eigenvalue weighted by molar-refractivity contribution is 5.53. The summed E-state index contributed by atoms with van der Waals surface area (Å²) < 4.78 is 0. The van der Waals surface area contributed by atoms with Gasteiger partial charge in [-0.1, -0.05) is 68.3 Å². The summed E-state index contributed by atoms with van der Waals surface area (Å²) in [7, 11) is 0. The Balaban J connectivity index is 2.41. The van der Waals surface area contributed by atoms with Gasteiger partial charge >= 0.3 is 0 Å². The van der Waals surface area contributed by atoms with Crippen molar-refractivity contribution in [1.29, 1.82) is 0 Å². The average molecular weight is 269 g/mol. The molecule has 0 aliphatic heterocycles. The van der Waals surface area contributed by atoms with Gasteiger partial charge < -0.3 is 10.8 Å². The second-order valence-electron chi connectivity index (χ2n) is 5.27. The second-order valence-corrected chi connectivity index (χ2v) is 5.27. The van der Waals surface area contributed by atoms with E-state index in [-0.39, 0.29) is 0 Å². The lowest BCUT2D eigenvalue weighted by Gasteiger charge is -2.30. The van der Waals surface area contributed by atoms with Crippen LogP contribution in [0.3, 0.4) is 0 Å². The largest absolute Gasteiger partial charge is 0.398 e. The third kappa shape index (κ3) is 3.02. The molecule has 0 saturated heterocycles. The van der Waals surface area contributed by atoms with E-state index in [9.17, 15) is 5.11 Å². The Kier molecular flexibility index (Phi) is 4.80. The van der Waals surface area contributed by atoms with Gasteiger partial charge in [0.05, 0.1) is 0 Å². The number of anilines is 1. The highest BCUT2D eigenvalue weighted by atomic mass is 16.3. The number of hydrogen-bond acceptors (Lipinski definition) is 2. The number of para-hydroxylation sites is 1. The maximum atomic E-state index is 11.3. The number of rotatable bonds is 6. The van der Waals surface area contributed by atoms with Crippen molar-refractivity contribution in [3.63, 3.8) is 0 Å². The average Bonchev–Trinajstić information content (AvgIpc) is 2.49. The summed E-state index contributed by atoms with van der Waals surface area (Å²) in [5.74, 6) is 0. The summed E-state index contributed by atoms with van der Waals surface area (Å²) in [4.78, 5) is 0. The molecule has 2 nitrogen and oxygen atoms in total. The van der Waals surface area contributed by atoms with Crippen LogP contribution < -0.4 is 5.73 Å². The Morgan fingerprint density at radius 3 is 2.25 bits per heavy atom. The van der Waals surface area contributed by atoms with E-state index in [0.29, 0.717) is 12.1 Å². The molecule has 0 amide bonds. The van der Waals surface area contributed by atoms with Crippen LogP contribution in [0.1, 0.15) is 43.7 Å². The van der Waals surface area contributed by atoms with Crippen LogP contribution >= 0.6 is 0 Å². The summed E-state index contributed by atoms with van der Waals surface area (Å²) in [6.07, 6.45) is 3.92. The third-order valence-corrected chi connectivity index (χ3v) is 3.80. The van der Waals surface area contributed by atoms with Crippen molar-refractivity contribution in [1.82, 2.24) is 0 Å². The highest BCUT2D eigenvalue weighted by Gasteiger charge is 2.32. The topological polar surface area (TPSA) is 46.2 Å². The van der Waals surface area contributed by atoms with E-state index in [1.807, 2.05) is 54.6 Å². The van der Waals surface area contributed by atoms with Gasteiger partial charge in [0.25, 0.3) is 0 Å². The minimum atomic E-state index is -0.998. The number of nitrogens with two attached hydrogens (primary N) is 1. The minimum Gasteiger partial charge on any atom is -0.398 e. The van der Waals surface area contributed by atoms with Crippen molar-refractivity contribution in [2.24, 2.45) is 0 Å². The van der Waals surface area contributed by atoms with E-state index in [2.05, 4.69) is 6.92 Å². The Morgan fingerprint density at radius 2 is 1.60 bits per heavy atom. The smallest absolute Gasteiger partial charge is 0.117 e. The van der Waals surface area contributed by atoms with Crippen LogP contribution in [0.4, 0.5) is 5.69 Å². The summed E-state index contributed by atoms with van der Waals surface area (Å²) in [6.45, 7) is 2.17. The molecule has 2 heteroatoms. The zero-order valence-corrected chi connectivity index (χ0v) is 12.0. The van der Waals surface area contributed by atoms with Crippen molar-refractivity contribution >= 4 is 5.69 Å². The lowest BCUT2D eigenvalue weighted by molar-refractivity contribution is 0.0688. The van der Waals surface area contributed by atoms with Crippen LogP contribution in [0, 0.1) is 0 Å². The minimum absolute atomic E-state index is 0.648. The standard InChI is InChI=1S/C18H23NO/c1-2-3-9-14-18(20,15-10-5-4-6-11-15)16-12-7-8-13-17(16)19/h4-8,10-13,20H,2-3,9,14,19H2,1H3. The zero-order valence-electron chi connectivity index (χ0n) is 12.0. The van der Waals surface area contributed by atoms with Gasteiger partial charge in [-0.25, -0.2) is 0 Å². The van der Waals surface area contributed by atoms with Crippen LogP contribution in [-0.4, -0.2) is 5.11 Å². The molecule has 106 valence electrons. The van der Waals surface area contributed by atoms with Gasteiger partial charge in [-0.3, -0.25) is 0 Å². The van der Waals surface area contributed by atoms with Crippen LogP contribution in [-0.2, 0) is 5.60 Å². The number of benzene rings is 2. The predicted octanol–water partition coefficient (Wildman–Crippen LogP) is 4.09. The van der Waals surface area contributed by atoms with Gasteiger partial charge in [-0.05, 0) is 24.5 Å². The maximum Gasteiger partial charge on any atom is 0.117 e. The van der Waals surface area contributed by atoms with Gasteiger partial charge in [0.1, 0.15) is 5.60 Å². The number of hydrogen-bond donors (Lipinski definition) is 2. The second kappa shape index (κ2) is 6.58. The lowest BCUT2D eigenvalue weighted by atomic mass is 9.81. The first kappa shape index (κ1) is 14.6. The van der Waals surface area contributed by atoms with E-state index in [4.69, 9.17) is 5.73 Å². The molecule has 3 N–H and O–H groups in total. The summed E-state index contributed by atoms with van der Waals surface area (Å²) in [5, 5.41) is 11.3. The van der Waals surface area contributed by atoms with Crippen molar-refractivity contribution in [3.8, 4) is 0 Å². The van der Waals surface area contributed by atoms with Crippen LogP contribution in [0.5, 0.6) is 0 Å². The molecule has 0 aliphatic rings. The molecule has 0 aliphatic carbocycles. The Labute approximate surface area is 121 Å². The third-order valence-electron chi connectivity index (χ3n) is 3.80. The van der Waals surface area contributed by atoms with Crippen molar-refractivity contribution in [3.05, 3.63) is 65.7 Å². The molecule has 0 heterocycles. The molecule has 2 rings (SSSR count). The normalized spacial score (nSPS) is 13.9. The van der Waals surface area contributed by atoms with Crippen LogP contribution in [0.15, 0.2) is 54.6 Å². The molecule has 0 spiro atoms. The molecule has 1 unspecified atom stereocenters. The maximum absolute atomic E-state index is 11.3. The van der Waals surface area contributed by atoms with E-state index >= 15 is 0 Å². The molecule has 0 bridgehead atoms. The lowest BCUT2D eigenvalue weighted by Crippen LogP contribution is -2.28. The van der Waals surface area contributed by atoms with Crippen molar-refractivity contribution in [2.75, 3.05) is 5.73 Å². The fraction of sp³-hybridized carbons (Fsp3) is 0.333. The zero-order chi connectivity index (χ0) is 14.4. The van der Waals surface area contributed by atoms with Gasteiger partial charge in [0.2, 0.25) is 0 Å². The van der Waals surface area contributed by atoms with E-state index in [1.54, 1.807) is 0 Å². The van der Waals surface area contributed by atoms with Crippen molar-refractivity contribution < 1.29 is 5.11 Å². The number of unbranched alkanes of at least 4 members (excludes halogenated alkanes) is 2. The summed E-state index contributed by atoms with van der Waals surface area (Å²) >= 11 is 0. The summed E-state index contributed by atoms with van der Waals surface area (Å²) in [6, 6.07) is 17.4. The van der Waals surface area contributed by atoms with Gasteiger partial charge in [0.15, 0.2) is 0 Å². The Hall–Kier alpha value is -1.80. The van der Waals surface area contributed by atoms with Gasteiger partial charge in [-0.15, -0.1) is 0 Å². The van der Waals surface area contributed by atoms with Gasteiger partial charge in [-0.2, -0.15) is 0 Å². The SMILES string of the molecule is CCCCCC(O)(c1ccccc1)c1ccccc1N. The molecule has 2 aromatic carbocycles.